The zero-order chi connectivity index (χ0) is 26.1. The summed E-state index contributed by atoms with van der Waals surface area (Å²) in [5.74, 6) is -1.45. The molecule has 0 aliphatic rings. The molecule has 0 atom stereocenters. The quantitative estimate of drug-likeness (QED) is 0.360. The van der Waals surface area contributed by atoms with Crippen LogP contribution in [0.2, 0.25) is 0 Å². The molecule has 0 radical (unpaired) electrons. The third-order valence-electron chi connectivity index (χ3n) is 5.17. The molecule has 3 aromatic heterocycles. The van der Waals surface area contributed by atoms with E-state index in [1.165, 1.54) is 17.9 Å². The first-order chi connectivity index (χ1) is 16.6. The lowest BCUT2D eigenvalue weighted by Gasteiger charge is -2.16. The van der Waals surface area contributed by atoms with Gasteiger partial charge in [-0.05, 0) is 26.1 Å². The molecular formula is C21H29N7O7. The minimum Gasteiger partial charge on any atom is -0.478 e. The lowest BCUT2D eigenvalue weighted by Crippen LogP contribution is -2.37. The number of aromatic nitrogens is 6. The number of aryl methyl sites for hydroxylation is 2. The van der Waals surface area contributed by atoms with Crippen molar-refractivity contribution in [3.63, 3.8) is 0 Å². The molecule has 3 aromatic rings. The van der Waals surface area contributed by atoms with E-state index in [0.717, 1.165) is 30.6 Å². The van der Waals surface area contributed by atoms with E-state index in [0.29, 0.717) is 41.5 Å². The highest BCUT2D eigenvalue weighted by molar-refractivity contribution is 5.89. The maximum Gasteiger partial charge on any atom is 0.332 e. The van der Waals surface area contributed by atoms with Crippen LogP contribution < -0.4 is 11.2 Å². The average molecular weight is 492 g/mol. The van der Waals surface area contributed by atoms with Crippen molar-refractivity contribution in [3.8, 4) is 0 Å². The lowest BCUT2D eigenvalue weighted by atomic mass is 10.3. The van der Waals surface area contributed by atoms with Gasteiger partial charge in [0.25, 0.3) is 5.56 Å². The molecule has 14 heteroatoms. The Bertz CT molecular complexity index is 1300. The van der Waals surface area contributed by atoms with Crippen molar-refractivity contribution in [1.82, 2.24) is 33.7 Å². The van der Waals surface area contributed by atoms with Crippen molar-refractivity contribution in [2.45, 2.75) is 33.2 Å². The number of fused-ring (bicyclic) bond motifs is 1. The van der Waals surface area contributed by atoms with E-state index in [9.17, 15) is 19.2 Å². The minimum atomic E-state index is -1.26. The van der Waals surface area contributed by atoms with Gasteiger partial charge in [0.05, 0.1) is 12.9 Å². The van der Waals surface area contributed by atoms with Crippen LogP contribution in [0.25, 0.3) is 11.2 Å². The van der Waals surface area contributed by atoms with Gasteiger partial charge in [-0.1, -0.05) is 19.0 Å². The average Bonchev–Trinajstić information content (AvgIpc) is 3.45. The minimum absolute atomic E-state index is 0.253. The molecule has 190 valence electrons. The molecule has 3 heterocycles. The Balaban J connectivity index is 0.000000466. The number of carboxylic acids is 2. The topological polar surface area (TPSA) is 179 Å². The standard InChI is InChI=1S/C17H25N7O3.C4H4O4/c1-5-23(6-2)9-7-8-13-19-12(20-27-13)10-24-11-18-15-14(24)16(25)22(4)17(26)21(15)3;5-3(6)1-2-4(7)8/h11H,5-10H2,1-4H3;1-2H,(H,5,6)(H,7,8)/b;2-1-. The second kappa shape index (κ2) is 12.4. The molecule has 14 nitrogen and oxygen atoms in total. The first-order valence-electron chi connectivity index (χ1n) is 10.9. The molecule has 0 unspecified atom stereocenters. The molecule has 0 aliphatic carbocycles. The fraction of sp³-hybridized carbons (Fsp3) is 0.476. The Labute approximate surface area is 199 Å². The highest BCUT2D eigenvalue weighted by atomic mass is 16.5. The van der Waals surface area contributed by atoms with Crippen molar-refractivity contribution in [3.05, 3.63) is 51.0 Å². The van der Waals surface area contributed by atoms with Crippen molar-refractivity contribution >= 4 is 23.1 Å². The van der Waals surface area contributed by atoms with E-state index < -0.39 is 23.2 Å². The van der Waals surface area contributed by atoms with Crippen LogP contribution in [-0.4, -0.2) is 75.5 Å². The van der Waals surface area contributed by atoms with E-state index >= 15 is 0 Å². The summed E-state index contributed by atoms with van der Waals surface area (Å²) in [6, 6.07) is 0. The van der Waals surface area contributed by atoms with Crippen LogP contribution in [0.1, 0.15) is 32.0 Å². The highest BCUT2D eigenvalue weighted by Crippen LogP contribution is 2.09. The van der Waals surface area contributed by atoms with Crippen LogP contribution in [0.4, 0.5) is 0 Å². The fourth-order valence-electron chi connectivity index (χ4n) is 3.26. The van der Waals surface area contributed by atoms with E-state index in [-0.39, 0.29) is 6.54 Å². The van der Waals surface area contributed by atoms with Gasteiger partial charge in [-0.2, -0.15) is 4.98 Å². The predicted molar refractivity (Wildman–Crippen MR) is 124 cm³/mol. The van der Waals surface area contributed by atoms with Crippen LogP contribution in [0.15, 0.2) is 32.6 Å². The fourth-order valence-corrected chi connectivity index (χ4v) is 3.26. The molecule has 0 aromatic carbocycles. The number of carbonyl (C=O) groups is 2. The molecule has 35 heavy (non-hydrogen) atoms. The monoisotopic (exact) mass is 491 g/mol. The summed E-state index contributed by atoms with van der Waals surface area (Å²) in [6.45, 7) is 7.57. The van der Waals surface area contributed by atoms with Gasteiger partial charge < -0.3 is 24.2 Å². The lowest BCUT2D eigenvalue weighted by molar-refractivity contribution is -0.134. The van der Waals surface area contributed by atoms with E-state index in [4.69, 9.17) is 14.7 Å². The van der Waals surface area contributed by atoms with Crippen molar-refractivity contribution in [1.29, 1.82) is 0 Å². The van der Waals surface area contributed by atoms with Crippen LogP contribution in [-0.2, 0) is 36.6 Å². The summed E-state index contributed by atoms with van der Waals surface area (Å²) >= 11 is 0. The second-order valence-electron chi connectivity index (χ2n) is 7.50. The van der Waals surface area contributed by atoms with Crippen molar-refractivity contribution < 1.29 is 24.3 Å². The Morgan fingerprint density at radius 1 is 1.09 bits per heavy atom. The summed E-state index contributed by atoms with van der Waals surface area (Å²) in [6.07, 6.45) is 4.29. The van der Waals surface area contributed by atoms with Gasteiger partial charge in [-0.25, -0.2) is 19.4 Å². The molecule has 0 saturated carbocycles. The summed E-state index contributed by atoms with van der Waals surface area (Å²) in [4.78, 5) is 54.5. The first-order valence-corrected chi connectivity index (χ1v) is 10.9. The van der Waals surface area contributed by atoms with E-state index in [1.54, 1.807) is 11.6 Å². The summed E-state index contributed by atoms with van der Waals surface area (Å²) < 4.78 is 9.37. The highest BCUT2D eigenvalue weighted by Gasteiger charge is 2.16. The van der Waals surface area contributed by atoms with Gasteiger partial charge in [0.2, 0.25) is 5.89 Å². The van der Waals surface area contributed by atoms with Crippen LogP contribution >= 0.6 is 0 Å². The third-order valence-corrected chi connectivity index (χ3v) is 5.17. The summed E-state index contributed by atoms with van der Waals surface area (Å²) in [5, 5.41) is 19.6. The third kappa shape index (κ3) is 7.20. The SMILES string of the molecule is CCN(CC)CCCc1nc(Cn2cnc3c2c(=O)n(C)c(=O)n3C)no1.O=C(O)/C=C\C(=O)O. The molecule has 0 spiro atoms. The van der Waals surface area contributed by atoms with E-state index in [1.807, 2.05) is 0 Å². The number of hydrogen-bond acceptors (Lipinski definition) is 9. The zero-order valence-corrected chi connectivity index (χ0v) is 20.0. The number of nitrogens with zero attached hydrogens (tertiary/aromatic N) is 7. The van der Waals surface area contributed by atoms with E-state index in [2.05, 4.69) is 33.9 Å². The van der Waals surface area contributed by atoms with Gasteiger partial charge in [0.1, 0.15) is 0 Å². The maximum atomic E-state index is 12.5. The van der Waals surface area contributed by atoms with Gasteiger partial charge in [0, 0.05) is 32.7 Å². The first kappa shape index (κ1) is 27.2. The van der Waals surface area contributed by atoms with Gasteiger partial charge in [-0.15, -0.1) is 0 Å². The largest absolute Gasteiger partial charge is 0.478 e. The molecule has 0 amide bonds. The Morgan fingerprint density at radius 2 is 1.71 bits per heavy atom. The Kier molecular flexibility index (Phi) is 9.64. The van der Waals surface area contributed by atoms with Crippen LogP contribution in [0, 0.1) is 0 Å². The number of carboxylic acid groups (broad SMARTS) is 2. The molecule has 0 bridgehead atoms. The van der Waals surface area contributed by atoms with Crippen molar-refractivity contribution in [2.75, 3.05) is 19.6 Å². The molecule has 0 aliphatic heterocycles. The molecular weight excluding hydrogens is 462 g/mol. The molecule has 0 saturated heterocycles. The Morgan fingerprint density at radius 3 is 2.29 bits per heavy atom. The molecule has 0 fully saturated rings. The predicted octanol–water partition coefficient (Wildman–Crippen LogP) is -0.149. The van der Waals surface area contributed by atoms with Crippen molar-refractivity contribution in [2.24, 2.45) is 14.1 Å². The smallest absolute Gasteiger partial charge is 0.332 e. The van der Waals surface area contributed by atoms with Crippen LogP contribution in [0.3, 0.4) is 0 Å². The van der Waals surface area contributed by atoms with Gasteiger partial charge in [0.15, 0.2) is 17.0 Å². The molecule has 3 rings (SSSR count). The van der Waals surface area contributed by atoms with Gasteiger partial charge >= 0.3 is 17.6 Å². The number of imidazole rings is 1. The summed E-state index contributed by atoms with van der Waals surface area (Å²) in [7, 11) is 3.04. The van der Waals surface area contributed by atoms with Crippen LogP contribution in [0.5, 0.6) is 0 Å². The normalized spacial score (nSPS) is 11.2. The van der Waals surface area contributed by atoms with Gasteiger partial charge in [-0.3, -0.25) is 13.9 Å². The summed E-state index contributed by atoms with van der Waals surface area (Å²) in [5.41, 5.74) is -0.125. The zero-order valence-electron chi connectivity index (χ0n) is 20.0. The number of aliphatic carboxylic acids is 2. The number of hydrogen-bond donors (Lipinski definition) is 2. The second-order valence-corrected chi connectivity index (χ2v) is 7.50. The number of rotatable bonds is 10. The Hall–Kier alpha value is -4.07. The maximum absolute atomic E-state index is 12.5. The molecule has 2 N–H and O–H groups in total.